The minimum absolute atomic E-state index is 0.0517. The van der Waals surface area contributed by atoms with Crippen LogP contribution in [0, 0.1) is 11.7 Å². The third kappa shape index (κ3) is 6.35. The molecule has 1 aromatic heterocycles. The van der Waals surface area contributed by atoms with Crippen molar-refractivity contribution >= 4 is 34.7 Å². The Kier molecular flexibility index (Phi) is 8.17. The van der Waals surface area contributed by atoms with E-state index in [1.165, 1.54) is 37.1 Å². The van der Waals surface area contributed by atoms with Crippen molar-refractivity contribution in [2.24, 2.45) is 5.92 Å². The van der Waals surface area contributed by atoms with Crippen LogP contribution >= 0.6 is 11.3 Å². The molecule has 2 aliphatic heterocycles. The summed E-state index contributed by atoms with van der Waals surface area (Å²) in [6.45, 7) is 4.95. The van der Waals surface area contributed by atoms with E-state index in [0.29, 0.717) is 38.2 Å². The summed E-state index contributed by atoms with van der Waals surface area (Å²) in [5.41, 5.74) is 0.422. The van der Waals surface area contributed by atoms with E-state index in [2.05, 4.69) is 25.7 Å². The highest BCUT2D eigenvalue weighted by Crippen LogP contribution is 2.21. The fraction of sp³-hybridized carbons (Fsp3) is 0.522. The van der Waals surface area contributed by atoms with E-state index in [9.17, 15) is 18.8 Å². The Morgan fingerprint density at radius 3 is 2.38 bits per heavy atom. The van der Waals surface area contributed by atoms with Gasteiger partial charge < -0.3 is 20.4 Å². The highest BCUT2D eigenvalue weighted by atomic mass is 32.1. The fourth-order valence-electron chi connectivity index (χ4n) is 4.26. The van der Waals surface area contributed by atoms with Gasteiger partial charge in [-0.3, -0.25) is 14.4 Å². The normalized spacial score (nSPS) is 17.0. The van der Waals surface area contributed by atoms with E-state index in [-0.39, 0.29) is 27.7 Å². The quantitative estimate of drug-likeness (QED) is 0.553. The molecule has 34 heavy (non-hydrogen) atoms. The number of likely N-dealkylation sites (tertiary alicyclic amines) is 2. The van der Waals surface area contributed by atoms with Crippen molar-refractivity contribution in [3.63, 3.8) is 0 Å². The van der Waals surface area contributed by atoms with E-state index >= 15 is 0 Å². The maximum absolute atomic E-state index is 13.0. The maximum atomic E-state index is 13.0. The molecule has 0 bridgehead atoms. The molecule has 0 saturated carbocycles. The number of carbonyl (C=O) groups excluding carboxylic acids is 3. The van der Waals surface area contributed by atoms with E-state index in [4.69, 9.17) is 0 Å². The molecule has 2 fully saturated rings. The van der Waals surface area contributed by atoms with E-state index in [1.54, 1.807) is 4.90 Å². The van der Waals surface area contributed by atoms with Crippen molar-refractivity contribution in [3.05, 3.63) is 40.1 Å². The van der Waals surface area contributed by atoms with Gasteiger partial charge in [-0.1, -0.05) is 11.3 Å². The Morgan fingerprint density at radius 1 is 1.00 bits per heavy atom. The average Bonchev–Trinajstić information content (AvgIpc) is 3.55. The van der Waals surface area contributed by atoms with Crippen LogP contribution in [0.15, 0.2) is 24.3 Å². The number of hydrogen-bond donors (Lipinski definition) is 2. The molecule has 2 aliphatic rings. The molecule has 0 spiro atoms. The summed E-state index contributed by atoms with van der Waals surface area (Å²) in [5, 5.41) is 13.5. The number of amides is 3. The molecule has 3 amide bonds. The first-order chi connectivity index (χ1) is 16.5. The Hall–Kier alpha value is -2.92. The predicted octanol–water partition coefficient (Wildman–Crippen LogP) is 2.38. The summed E-state index contributed by atoms with van der Waals surface area (Å²) in [6, 6.07) is 5.36. The second kappa shape index (κ2) is 11.5. The zero-order valence-electron chi connectivity index (χ0n) is 19.0. The molecule has 4 rings (SSSR count). The molecule has 3 heterocycles. The number of piperidine rings is 1. The molecule has 0 unspecified atom stereocenters. The van der Waals surface area contributed by atoms with Crippen LogP contribution in [0.1, 0.15) is 51.7 Å². The number of nitrogens with zero attached hydrogens (tertiary/aromatic N) is 4. The van der Waals surface area contributed by atoms with Crippen molar-refractivity contribution in [1.29, 1.82) is 0 Å². The van der Waals surface area contributed by atoms with Crippen LogP contribution in [0.4, 0.5) is 10.1 Å². The fourth-order valence-corrected chi connectivity index (χ4v) is 4.97. The highest BCUT2D eigenvalue weighted by Gasteiger charge is 2.29. The minimum atomic E-state index is -0.511. The molecular formula is C23H29FN6O3S. The molecule has 0 radical (unpaired) electrons. The summed E-state index contributed by atoms with van der Waals surface area (Å²) in [5.74, 6) is -1.24. The summed E-state index contributed by atoms with van der Waals surface area (Å²) >= 11 is 0.913. The first-order valence-corrected chi connectivity index (χ1v) is 12.5. The lowest BCUT2D eigenvalue weighted by Gasteiger charge is -2.30. The zero-order chi connectivity index (χ0) is 23.9. The first kappa shape index (κ1) is 24.2. The number of halogens is 1. The lowest BCUT2D eigenvalue weighted by molar-refractivity contribution is -0.126. The number of carbonyl (C=O) groups is 3. The molecule has 2 aromatic rings. The molecule has 9 nitrogen and oxygen atoms in total. The van der Waals surface area contributed by atoms with Gasteiger partial charge in [0.1, 0.15) is 5.82 Å². The molecule has 2 N–H and O–H groups in total. The highest BCUT2D eigenvalue weighted by molar-refractivity contribution is 7.15. The lowest BCUT2D eigenvalue weighted by atomic mass is 9.96. The lowest BCUT2D eigenvalue weighted by Crippen LogP contribution is -2.43. The smallest absolute Gasteiger partial charge is 0.286 e. The summed E-state index contributed by atoms with van der Waals surface area (Å²) in [7, 11) is 0. The van der Waals surface area contributed by atoms with Crippen LogP contribution in [0.25, 0.3) is 0 Å². The third-order valence-electron chi connectivity index (χ3n) is 6.21. The van der Waals surface area contributed by atoms with Crippen LogP contribution in [0.2, 0.25) is 0 Å². The summed E-state index contributed by atoms with van der Waals surface area (Å²) in [4.78, 5) is 41.7. The van der Waals surface area contributed by atoms with Crippen molar-refractivity contribution in [2.75, 3.05) is 44.6 Å². The first-order valence-electron chi connectivity index (χ1n) is 11.7. The SMILES string of the molecule is O=C(Nc1ccc(F)cc1)c1nnc(C(=O)N2CCC(C(=O)NCCCN3CCCC3)CC2)s1. The number of hydrogen-bond acceptors (Lipinski definition) is 7. The number of rotatable bonds is 8. The van der Waals surface area contributed by atoms with Gasteiger partial charge in [0.25, 0.3) is 11.8 Å². The van der Waals surface area contributed by atoms with E-state index in [1.807, 2.05) is 0 Å². The van der Waals surface area contributed by atoms with Crippen molar-refractivity contribution < 1.29 is 18.8 Å². The molecule has 182 valence electrons. The molecular weight excluding hydrogens is 459 g/mol. The van der Waals surface area contributed by atoms with E-state index in [0.717, 1.165) is 37.4 Å². The van der Waals surface area contributed by atoms with Gasteiger partial charge in [0.15, 0.2) is 0 Å². The Balaban J connectivity index is 1.20. The number of anilines is 1. The van der Waals surface area contributed by atoms with Gasteiger partial charge in [-0.15, -0.1) is 10.2 Å². The van der Waals surface area contributed by atoms with Crippen LogP contribution in [0.3, 0.4) is 0 Å². The van der Waals surface area contributed by atoms with E-state index < -0.39 is 11.7 Å². The zero-order valence-corrected chi connectivity index (χ0v) is 19.8. The standard InChI is InChI=1S/C23H29FN6O3S/c24-17-4-6-18(7-5-17)26-20(32)21-27-28-22(34-21)23(33)30-14-8-16(9-15-30)19(31)25-10-3-13-29-11-1-2-12-29/h4-7,16H,1-3,8-15H2,(H,25,31)(H,26,32). The second-order valence-corrected chi connectivity index (χ2v) is 9.61. The molecule has 2 saturated heterocycles. The minimum Gasteiger partial charge on any atom is -0.356 e. The van der Waals surface area contributed by atoms with Gasteiger partial charge in [-0.05, 0) is 76.0 Å². The molecule has 0 atom stereocenters. The topological polar surface area (TPSA) is 108 Å². The maximum Gasteiger partial charge on any atom is 0.286 e. The van der Waals surface area contributed by atoms with Crippen LogP contribution in [-0.4, -0.2) is 77.0 Å². The van der Waals surface area contributed by atoms with Crippen molar-refractivity contribution in [1.82, 2.24) is 25.3 Å². The van der Waals surface area contributed by atoms with Gasteiger partial charge >= 0.3 is 0 Å². The molecule has 0 aliphatic carbocycles. The largest absolute Gasteiger partial charge is 0.356 e. The number of benzene rings is 1. The average molecular weight is 489 g/mol. The second-order valence-electron chi connectivity index (χ2n) is 8.63. The predicted molar refractivity (Wildman–Crippen MR) is 126 cm³/mol. The van der Waals surface area contributed by atoms with Gasteiger partial charge in [-0.25, -0.2) is 4.39 Å². The summed E-state index contributed by atoms with van der Waals surface area (Å²) < 4.78 is 13.0. The van der Waals surface area contributed by atoms with Crippen molar-refractivity contribution in [2.45, 2.75) is 32.1 Å². The Labute approximate surface area is 201 Å². The third-order valence-corrected chi connectivity index (χ3v) is 7.12. The van der Waals surface area contributed by atoms with Gasteiger partial charge in [0.2, 0.25) is 15.9 Å². The Morgan fingerprint density at radius 2 is 1.68 bits per heavy atom. The van der Waals surface area contributed by atoms with Crippen LogP contribution in [0.5, 0.6) is 0 Å². The number of nitrogens with one attached hydrogen (secondary N) is 2. The van der Waals surface area contributed by atoms with Gasteiger partial charge in [0, 0.05) is 31.2 Å². The molecule has 11 heteroatoms. The van der Waals surface area contributed by atoms with Crippen molar-refractivity contribution in [3.8, 4) is 0 Å². The van der Waals surface area contributed by atoms with Crippen LogP contribution < -0.4 is 10.6 Å². The molecule has 1 aromatic carbocycles. The summed E-state index contributed by atoms with van der Waals surface area (Å²) in [6.07, 6.45) is 4.69. The monoisotopic (exact) mass is 488 g/mol. The van der Waals surface area contributed by atoms with Gasteiger partial charge in [0.05, 0.1) is 0 Å². The van der Waals surface area contributed by atoms with Gasteiger partial charge in [-0.2, -0.15) is 0 Å². The van der Waals surface area contributed by atoms with Crippen LogP contribution in [-0.2, 0) is 4.79 Å². The number of aromatic nitrogens is 2. The Bertz CT molecular complexity index is 1000.